The Morgan fingerprint density at radius 1 is 1.36 bits per heavy atom. The largest absolute Gasteiger partial charge is 0.275 e. The van der Waals surface area contributed by atoms with Gasteiger partial charge in [-0.2, -0.15) is 5.10 Å². The highest BCUT2D eigenvalue weighted by Gasteiger charge is 2.07. The van der Waals surface area contributed by atoms with Crippen molar-refractivity contribution in [2.24, 2.45) is 7.05 Å². The molecule has 0 aliphatic rings. The van der Waals surface area contributed by atoms with Crippen molar-refractivity contribution in [1.29, 1.82) is 0 Å². The summed E-state index contributed by atoms with van der Waals surface area (Å²) >= 11 is 6.14. The third-order valence-electron chi connectivity index (χ3n) is 2.37. The number of hydrogen-bond donors (Lipinski definition) is 0. The summed E-state index contributed by atoms with van der Waals surface area (Å²) in [7, 11) is 1.91. The minimum Gasteiger partial charge on any atom is -0.275 e. The summed E-state index contributed by atoms with van der Waals surface area (Å²) in [6.07, 6.45) is 1.99. The molecular formula is C11H13ClN2. The van der Waals surface area contributed by atoms with Crippen LogP contribution in [0.15, 0.2) is 18.3 Å². The van der Waals surface area contributed by atoms with Crippen LogP contribution in [0.3, 0.4) is 0 Å². The first kappa shape index (κ1) is 9.53. The van der Waals surface area contributed by atoms with Crippen molar-refractivity contribution >= 4 is 22.5 Å². The molecule has 2 rings (SSSR count). The van der Waals surface area contributed by atoms with E-state index in [9.17, 15) is 0 Å². The summed E-state index contributed by atoms with van der Waals surface area (Å²) < 4.78 is 1.79. The lowest BCUT2D eigenvalue weighted by Crippen LogP contribution is -1.87. The highest BCUT2D eigenvalue weighted by molar-refractivity contribution is 6.35. The minimum absolute atomic E-state index is 0.497. The average molecular weight is 209 g/mol. The maximum Gasteiger partial charge on any atom is 0.111 e. The molecule has 0 spiro atoms. The molecule has 0 saturated carbocycles. The molecule has 0 amide bonds. The first-order valence-electron chi connectivity index (χ1n) is 4.70. The summed E-state index contributed by atoms with van der Waals surface area (Å²) in [5.74, 6) is 0.497. The SMILES string of the molecule is CC(C)c1cc(Cl)c2nn(C)cc2c1. The fourth-order valence-electron chi connectivity index (χ4n) is 1.57. The quantitative estimate of drug-likeness (QED) is 0.703. The van der Waals surface area contributed by atoms with E-state index < -0.39 is 0 Å². The van der Waals surface area contributed by atoms with Crippen LogP contribution in [0.4, 0.5) is 0 Å². The molecule has 0 saturated heterocycles. The zero-order valence-electron chi connectivity index (χ0n) is 8.58. The standard InChI is InChI=1S/C11H13ClN2/c1-7(2)8-4-9-6-14(3)13-11(9)10(12)5-8/h4-7H,1-3H3. The third kappa shape index (κ3) is 1.50. The Balaban J connectivity index is 2.71. The molecule has 2 aromatic rings. The Hall–Kier alpha value is -1.02. The summed E-state index contributed by atoms with van der Waals surface area (Å²) in [6.45, 7) is 4.32. The topological polar surface area (TPSA) is 17.8 Å². The lowest BCUT2D eigenvalue weighted by molar-refractivity contribution is 0.780. The van der Waals surface area contributed by atoms with Crippen molar-refractivity contribution < 1.29 is 0 Å². The molecule has 0 atom stereocenters. The molecule has 1 aromatic heterocycles. The van der Waals surface area contributed by atoms with Gasteiger partial charge < -0.3 is 0 Å². The van der Waals surface area contributed by atoms with Crippen LogP contribution >= 0.6 is 11.6 Å². The summed E-state index contributed by atoms with van der Waals surface area (Å²) in [5, 5.41) is 6.15. The number of aryl methyl sites for hydroxylation is 1. The van der Waals surface area contributed by atoms with Crippen LogP contribution in [0, 0.1) is 0 Å². The molecular weight excluding hydrogens is 196 g/mol. The van der Waals surface area contributed by atoms with Gasteiger partial charge >= 0.3 is 0 Å². The van der Waals surface area contributed by atoms with Gasteiger partial charge in [-0.25, -0.2) is 0 Å². The second-order valence-corrected chi connectivity index (χ2v) is 4.31. The average Bonchev–Trinajstić information content (AvgIpc) is 2.45. The van der Waals surface area contributed by atoms with E-state index in [1.165, 1.54) is 5.56 Å². The van der Waals surface area contributed by atoms with Crippen LogP contribution in [0.25, 0.3) is 10.9 Å². The van der Waals surface area contributed by atoms with Gasteiger partial charge in [-0.1, -0.05) is 25.4 Å². The van der Waals surface area contributed by atoms with Crippen LogP contribution in [0.2, 0.25) is 5.02 Å². The molecule has 1 aromatic carbocycles. The maximum atomic E-state index is 6.14. The van der Waals surface area contributed by atoms with Crippen LogP contribution in [-0.2, 0) is 7.05 Å². The van der Waals surface area contributed by atoms with Crippen molar-refractivity contribution in [2.75, 3.05) is 0 Å². The van der Waals surface area contributed by atoms with E-state index in [4.69, 9.17) is 11.6 Å². The molecule has 0 fully saturated rings. The fourth-order valence-corrected chi connectivity index (χ4v) is 1.84. The second-order valence-electron chi connectivity index (χ2n) is 3.90. The Labute approximate surface area is 88.5 Å². The van der Waals surface area contributed by atoms with Gasteiger partial charge in [-0.05, 0) is 23.6 Å². The number of hydrogen-bond acceptors (Lipinski definition) is 1. The van der Waals surface area contributed by atoms with Gasteiger partial charge in [-0.15, -0.1) is 0 Å². The van der Waals surface area contributed by atoms with Crippen molar-refractivity contribution in [3.63, 3.8) is 0 Å². The molecule has 1 heterocycles. The summed E-state index contributed by atoms with van der Waals surface area (Å²) in [4.78, 5) is 0. The Bertz CT molecular complexity index is 471. The Kier molecular flexibility index (Phi) is 2.23. The number of halogens is 1. The third-order valence-corrected chi connectivity index (χ3v) is 2.65. The molecule has 0 N–H and O–H groups in total. The molecule has 0 aliphatic carbocycles. The van der Waals surface area contributed by atoms with Gasteiger partial charge in [0.15, 0.2) is 0 Å². The van der Waals surface area contributed by atoms with E-state index in [1.54, 1.807) is 4.68 Å². The molecule has 2 nitrogen and oxygen atoms in total. The molecule has 14 heavy (non-hydrogen) atoms. The Morgan fingerprint density at radius 2 is 2.07 bits per heavy atom. The van der Waals surface area contributed by atoms with Crippen molar-refractivity contribution in [3.8, 4) is 0 Å². The Morgan fingerprint density at radius 3 is 2.71 bits per heavy atom. The number of benzene rings is 1. The molecule has 74 valence electrons. The summed E-state index contributed by atoms with van der Waals surface area (Å²) in [5.41, 5.74) is 2.15. The predicted molar refractivity (Wildman–Crippen MR) is 59.8 cm³/mol. The first-order valence-corrected chi connectivity index (χ1v) is 5.08. The summed E-state index contributed by atoms with van der Waals surface area (Å²) in [6, 6.07) is 4.15. The number of nitrogens with zero attached hydrogens (tertiary/aromatic N) is 2. The smallest absolute Gasteiger partial charge is 0.111 e. The van der Waals surface area contributed by atoms with Gasteiger partial charge in [0.1, 0.15) is 5.52 Å². The molecule has 0 unspecified atom stereocenters. The molecule has 0 aliphatic heterocycles. The highest BCUT2D eigenvalue weighted by atomic mass is 35.5. The molecule has 3 heteroatoms. The lowest BCUT2D eigenvalue weighted by atomic mass is 10.0. The van der Waals surface area contributed by atoms with E-state index in [0.29, 0.717) is 5.92 Å². The first-order chi connectivity index (χ1) is 6.58. The van der Waals surface area contributed by atoms with Crippen LogP contribution in [-0.4, -0.2) is 9.78 Å². The number of rotatable bonds is 1. The maximum absolute atomic E-state index is 6.14. The monoisotopic (exact) mass is 208 g/mol. The highest BCUT2D eigenvalue weighted by Crippen LogP contribution is 2.27. The van der Waals surface area contributed by atoms with Gasteiger partial charge in [0.25, 0.3) is 0 Å². The van der Waals surface area contributed by atoms with E-state index in [2.05, 4.69) is 25.0 Å². The number of fused-ring (bicyclic) bond motifs is 1. The van der Waals surface area contributed by atoms with E-state index >= 15 is 0 Å². The number of aromatic nitrogens is 2. The zero-order valence-corrected chi connectivity index (χ0v) is 9.34. The zero-order chi connectivity index (χ0) is 10.3. The molecule has 0 bridgehead atoms. The minimum atomic E-state index is 0.497. The fraction of sp³-hybridized carbons (Fsp3) is 0.364. The van der Waals surface area contributed by atoms with E-state index in [0.717, 1.165) is 15.9 Å². The normalized spacial score (nSPS) is 11.5. The van der Waals surface area contributed by atoms with Gasteiger partial charge in [-0.3, -0.25) is 4.68 Å². The van der Waals surface area contributed by atoms with Crippen LogP contribution in [0.1, 0.15) is 25.3 Å². The lowest BCUT2D eigenvalue weighted by Gasteiger charge is -2.05. The predicted octanol–water partition coefficient (Wildman–Crippen LogP) is 3.35. The van der Waals surface area contributed by atoms with E-state index in [-0.39, 0.29) is 0 Å². The van der Waals surface area contributed by atoms with Crippen molar-refractivity contribution in [2.45, 2.75) is 19.8 Å². The van der Waals surface area contributed by atoms with Crippen molar-refractivity contribution in [1.82, 2.24) is 9.78 Å². The van der Waals surface area contributed by atoms with Gasteiger partial charge in [0.05, 0.1) is 5.02 Å². The van der Waals surface area contributed by atoms with E-state index in [1.807, 2.05) is 19.3 Å². The van der Waals surface area contributed by atoms with Crippen LogP contribution in [0.5, 0.6) is 0 Å². The molecule has 0 radical (unpaired) electrons. The van der Waals surface area contributed by atoms with Crippen molar-refractivity contribution in [3.05, 3.63) is 28.9 Å². The van der Waals surface area contributed by atoms with Gasteiger partial charge in [0.2, 0.25) is 0 Å². The second kappa shape index (κ2) is 3.28. The van der Waals surface area contributed by atoms with Crippen LogP contribution < -0.4 is 0 Å². The van der Waals surface area contributed by atoms with Gasteiger partial charge in [0, 0.05) is 18.6 Å².